The second-order valence-electron chi connectivity index (χ2n) is 4.85. The number of hydrogen-bond acceptors (Lipinski definition) is 3. The molecule has 0 spiro atoms. The molecule has 0 unspecified atom stereocenters. The molecule has 108 valence electrons. The lowest BCUT2D eigenvalue weighted by atomic mass is 9.98. The van der Waals surface area contributed by atoms with Crippen LogP contribution in [0.4, 0.5) is 5.69 Å². The van der Waals surface area contributed by atoms with Crippen LogP contribution in [0, 0.1) is 0 Å². The lowest BCUT2D eigenvalue weighted by Gasteiger charge is -2.29. The summed E-state index contributed by atoms with van der Waals surface area (Å²) in [6.45, 7) is 0.658. The van der Waals surface area contributed by atoms with Gasteiger partial charge in [0.2, 0.25) is 0 Å². The van der Waals surface area contributed by atoms with Crippen molar-refractivity contribution >= 4 is 44.8 Å². The minimum atomic E-state index is -0.942. The van der Waals surface area contributed by atoms with Crippen LogP contribution in [-0.4, -0.2) is 23.5 Å². The fourth-order valence-electron chi connectivity index (χ4n) is 2.52. The first-order valence-corrected chi connectivity index (χ1v) is 8.15. The number of aromatic carboxylic acids is 1. The summed E-state index contributed by atoms with van der Waals surface area (Å²) < 4.78 is 0.921. The third kappa shape index (κ3) is 2.73. The fourth-order valence-corrected chi connectivity index (χ4v) is 3.65. The molecular weight excluding hydrogens is 354 g/mol. The van der Waals surface area contributed by atoms with Gasteiger partial charge in [-0.3, -0.25) is 4.79 Å². The average Bonchev–Trinajstić information content (AvgIpc) is 2.91. The van der Waals surface area contributed by atoms with Crippen LogP contribution >= 0.6 is 27.3 Å². The van der Waals surface area contributed by atoms with Gasteiger partial charge in [0.05, 0.1) is 14.9 Å². The van der Waals surface area contributed by atoms with Gasteiger partial charge in [0.25, 0.3) is 5.91 Å². The number of rotatable bonds is 2. The highest BCUT2D eigenvalue weighted by Gasteiger charge is 2.25. The lowest BCUT2D eigenvalue weighted by Crippen LogP contribution is -2.35. The summed E-state index contributed by atoms with van der Waals surface area (Å²) in [6, 6.07) is 6.76. The molecule has 6 heteroatoms. The fraction of sp³-hybridized carbons (Fsp3) is 0.200. The van der Waals surface area contributed by atoms with Crippen molar-refractivity contribution in [2.45, 2.75) is 12.8 Å². The zero-order chi connectivity index (χ0) is 15.0. The maximum atomic E-state index is 12.6. The largest absolute Gasteiger partial charge is 0.478 e. The molecule has 1 amide bonds. The summed E-state index contributed by atoms with van der Waals surface area (Å²) in [7, 11) is 0. The molecule has 0 bridgehead atoms. The summed E-state index contributed by atoms with van der Waals surface area (Å²) in [5.74, 6) is -0.982. The van der Waals surface area contributed by atoms with E-state index in [9.17, 15) is 9.59 Å². The maximum Gasteiger partial charge on any atom is 0.335 e. The molecule has 1 aromatic carbocycles. The molecule has 1 aliphatic rings. The van der Waals surface area contributed by atoms with Gasteiger partial charge in [-0.05, 0) is 58.6 Å². The summed E-state index contributed by atoms with van der Waals surface area (Å²) in [5.41, 5.74) is 2.66. The normalized spacial score (nSPS) is 13.9. The van der Waals surface area contributed by atoms with E-state index in [1.807, 2.05) is 11.4 Å². The average molecular weight is 366 g/mol. The van der Waals surface area contributed by atoms with Gasteiger partial charge in [0, 0.05) is 17.6 Å². The Labute approximate surface area is 134 Å². The van der Waals surface area contributed by atoms with E-state index in [0.717, 1.165) is 27.9 Å². The van der Waals surface area contributed by atoms with E-state index >= 15 is 0 Å². The van der Waals surface area contributed by atoms with Crippen LogP contribution in [0.1, 0.15) is 32.7 Å². The summed E-state index contributed by atoms with van der Waals surface area (Å²) in [5, 5.41) is 10.9. The predicted octanol–water partition coefficient (Wildman–Crippen LogP) is 3.80. The van der Waals surface area contributed by atoms with E-state index in [1.165, 1.54) is 11.3 Å². The van der Waals surface area contributed by atoms with Gasteiger partial charge in [-0.25, -0.2) is 4.79 Å². The van der Waals surface area contributed by atoms with Crippen molar-refractivity contribution in [2.24, 2.45) is 0 Å². The number of thiophene rings is 1. The number of carbonyl (C=O) groups excluding carboxylic acids is 1. The molecule has 1 aromatic heterocycles. The maximum absolute atomic E-state index is 12.6. The van der Waals surface area contributed by atoms with Crippen LogP contribution in [0.25, 0.3) is 0 Å². The summed E-state index contributed by atoms with van der Waals surface area (Å²) in [4.78, 5) is 25.4. The van der Waals surface area contributed by atoms with Crippen LogP contribution in [0.3, 0.4) is 0 Å². The van der Waals surface area contributed by atoms with Gasteiger partial charge in [-0.2, -0.15) is 0 Å². The highest BCUT2D eigenvalue weighted by molar-refractivity contribution is 9.11. The van der Waals surface area contributed by atoms with Crippen molar-refractivity contribution in [3.8, 4) is 0 Å². The molecule has 0 aliphatic carbocycles. The van der Waals surface area contributed by atoms with E-state index < -0.39 is 5.97 Å². The van der Waals surface area contributed by atoms with Crippen molar-refractivity contribution in [2.75, 3.05) is 11.4 Å². The van der Waals surface area contributed by atoms with Crippen molar-refractivity contribution in [3.05, 3.63) is 50.1 Å². The van der Waals surface area contributed by atoms with Crippen LogP contribution in [0.15, 0.2) is 33.4 Å². The minimum absolute atomic E-state index is 0.0408. The zero-order valence-corrected chi connectivity index (χ0v) is 13.4. The van der Waals surface area contributed by atoms with Crippen molar-refractivity contribution in [1.29, 1.82) is 0 Å². The monoisotopic (exact) mass is 365 g/mol. The smallest absolute Gasteiger partial charge is 0.335 e. The van der Waals surface area contributed by atoms with Gasteiger partial charge in [-0.15, -0.1) is 11.3 Å². The second-order valence-corrected chi connectivity index (χ2v) is 7.14. The molecule has 1 aliphatic heterocycles. The van der Waals surface area contributed by atoms with E-state index in [2.05, 4.69) is 15.9 Å². The number of fused-ring (bicyclic) bond motifs is 1. The Morgan fingerprint density at radius 2 is 2.05 bits per heavy atom. The molecule has 2 heterocycles. The Balaban J connectivity index is 1.97. The van der Waals surface area contributed by atoms with Gasteiger partial charge in [-0.1, -0.05) is 0 Å². The number of benzene rings is 1. The standard InChI is InChI=1S/C15H12BrNO3S/c16-13-7-11(8-21-13)14(18)17-5-1-2-9-6-10(15(19)20)3-4-12(9)17/h3-4,6-8H,1-2,5H2,(H,19,20). The Bertz CT molecular complexity index is 725. The molecule has 0 fully saturated rings. The van der Waals surface area contributed by atoms with Gasteiger partial charge < -0.3 is 10.0 Å². The predicted molar refractivity (Wildman–Crippen MR) is 85.4 cm³/mol. The van der Waals surface area contributed by atoms with Crippen molar-refractivity contribution in [3.63, 3.8) is 0 Å². The molecule has 3 rings (SSSR count). The van der Waals surface area contributed by atoms with E-state index in [-0.39, 0.29) is 11.5 Å². The first-order chi connectivity index (χ1) is 10.1. The number of aryl methyl sites for hydroxylation is 1. The van der Waals surface area contributed by atoms with Gasteiger partial charge in [0.15, 0.2) is 0 Å². The molecule has 0 atom stereocenters. The Kier molecular flexibility index (Phi) is 3.82. The first kappa shape index (κ1) is 14.3. The van der Waals surface area contributed by atoms with Gasteiger partial charge >= 0.3 is 5.97 Å². The number of halogens is 1. The zero-order valence-electron chi connectivity index (χ0n) is 11.0. The number of carboxylic acid groups (broad SMARTS) is 1. The quantitative estimate of drug-likeness (QED) is 0.880. The van der Waals surface area contributed by atoms with E-state index in [0.29, 0.717) is 12.1 Å². The molecule has 0 radical (unpaired) electrons. The first-order valence-electron chi connectivity index (χ1n) is 6.48. The van der Waals surface area contributed by atoms with E-state index in [4.69, 9.17) is 5.11 Å². The number of anilines is 1. The number of carboxylic acids is 1. The van der Waals surface area contributed by atoms with Gasteiger partial charge in [0.1, 0.15) is 0 Å². The molecule has 1 N–H and O–H groups in total. The number of hydrogen-bond donors (Lipinski definition) is 1. The second kappa shape index (κ2) is 5.61. The lowest BCUT2D eigenvalue weighted by molar-refractivity contribution is 0.0696. The molecule has 21 heavy (non-hydrogen) atoms. The van der Waals surface area contributed by atoms with Crippen molar-refractivity contribution < 1.29 is 14.7 Å². The molecular formula is C15H12BrNO3S. The van der Waals surface area contributed by atoms with Crippen molar-refractivity contribution in [1.82, 2.24) is 0 Å². The third-order valence-electron chi connectivity index (χ3n) is 3.50. The molecule has 0 saturated heterocycles. The number of nitrogens with zero attached hydrogens (tertiary/aromatic N) is 1. The molecule has 2 aromatic rings. The highest BCUT2D eigenvalue weighted by Crippen LogP contribution is 2.31. The topological polar surface area (TPSA) is 57.6 Å². The van der Waals surface area contributed by atoms with E-state index in [1.54, 1.807) is 23.1 Å². The van der Waals surface area contributed by atoms with Crippen LogP contribution in [0.5, 0.6) is 0 Å². The van der Waals surface area contributed by atoms with Crippen LogP contribution in [0.2, 0.25) is 0 Å². The third-order valence-corrected chi connectivity index (χ3v) is 5.01. The molecule has 0 saturated carbocycles. The number of carbonyl (C=O) groups is 2. The van der Waals surface area contributed by atoms with Crippen LogP contribution < -0.4 is 4.90 Å². The van der Waals surface area contributed by atoms with Crippen LogP contribution in [-0.2, 0) is 6.42 Å². The minimum Gasteiger partial charge on any atom is -0.478 e. The summed E-state index contributed by atoms with van der Waals surface area (Å²) in [6.07, 6.45) is 1.64. The highest BCUT2D eigenvalue weighted by atomic mass is 79.9. The number of amides is 1. The Hall–Kier alpha value is -1.66. The molecule has 4 nitrogen and oxygen atoms in total. The SMILES string of the molecule is O=C(O)c1ccc2c(c1)CCCN2C(=O)c1csc(Br)c1. The summed E-state index contributed by atoms with van der Waals surface area (Å²) >= 11 is 4.84. The Morgan fingerprint density at radius 1 is 1.24 bits per heavy atom. The Morgan fingerprint density at radius 3 is 2.71 bits per heavy atom.